The normalized spacial score (nSPS) is 15.8. The Labute approximate surface area is 275 Å². The van der Waals surface area contributed by atoms with Crippen LogP contribution < -0.4 is 14.4 Å². The van der Waals surface area contributed by atoms with Crippen LogP contribution in [0.2, 0.25) is 0 Å². The van der Waals surface area contributed by atoms with E-state index in [1.165, 1.54) is 28.0 Å². The molecule has 1 aromatic heterocycles. The molecule has 1 amide bonds. The molecule has 4 aromatic carbocycles. The molecule has 1 fully saturated rings. The van der Waals surface area contributed by atoms with Gasteiger partial charge in [-0.25, -0.2) is 0 Å². The molecular formula is C36H31N3O5S2. The van der Waals surface area contributed by atoms with Crippen molar-refractivity contribution in [2.24, 2.45) is 0 Å². The third kappa shape index (κ3) is 6.40. The van der Waals surface area contributed by atoms with E-state index in [0.717, 1.165) is 22.8 Å². The standard InChI is InChI=1S/C36H31N3O5S2/c1-3-19-43-27-17-15-24(16-18-27)32(40)30-31(25-11-8-13-28(21-25)44-20-4-2)39(34(42)33(30)41)35-37-38-36(46-35)45-22-26-12-7-10-23-9-5-6-14-29(23)26/h4-18,21,31,40H,2-3,19-20,22H2,1H3. The summed E-state index contributed by atoms with van der Waals surface area (Å²) in [5, 5.41) is 22.8. The number of ketones is 1. The van der Waals surface area contributed by atoms with Crippen molar-refractivity contribution in [1.29, 1.82) is 0 Å². The molecule has 1 aliphatic heterocycles. The first-order valence-corrected chi connectivity index (χ1v) is 16.6. The van der Waals surface area contributed by atoms with Crippen LogP contribution in [0.5, 0.6) is 11.5 Å². The fraction of sp³-hybridized carbons (Fsp3) is 0.167. The number of aromatic nitrogens is 2. The van der Waals surface area contributed by atoms with Gasteiger partial charge in [0.05, 0.1) is 18.2 Å². The van der Waals surface area contributed by atoms with Crippen molar-refractivity contribution in [2.45, 2.75) is 29.5 Å². The van der Waals surface area contributed by atoms with Crippen molar-refractivity contribution < 1.29 is 24.2 Å². The third-order valence-corrected chi connectivity index (χ3v) is 9.52. The number of aliphatic hydroxyl groups excluding tert-OH is 1. The van der Waals surface area contributed by atoms with Crippen molar-refractivity contribution in [3.05, 3.63) is 126 Å². The van der Waals surface area contributed by atoms with E-state index in [1.54, 1.807) is 54.6 Å². The molecule has 1 aliphatic rings. The SMILES string of the molecule is C=CCOc1cccc(C2C(=C(O)c3ccc(OCCC)cc3)C(=O)C(=O)N2c2nnc(SCc3cccc4ccccc34)s2)c1. The molecule has 1 unspecified atom stereocenters. The first kappa shape index (κ1) is 31.1. The van der Waals surface area contributed by atoms with Gasteiger partial charge >= 0.3 is 5.91 Å². The number of hydrogen-bond donors (Lipinski definition) is 1. The van der Waals surface area contributed by atoms with Crippen LogP contribution in [0, 0.1) is 0 Å². The van der Waals surface area contributed by atoms with Crippen LogP contribution in [0.1, 0.15) is 36.1 Å². The number of thioether (sulfide) groups is 1. The summed E-state index contributed by atoms with van der Waals surface area (Å²) in [5.41, 5.74) is 2.07. The maximum Gasteiger partial charge on any atom is 0.301 e. The highest BCUT2D eigenvalue weighted by atomic mass is 32.2. The molecule has 0 radical (unpaired) electrons. The molecular weight excluding hydrogens is 619 g/mol. The second-order valence-electron chi connectivity index (χ2n) is 10.5. The van der Waals surface area contributed by atoms with Gasteiger partial charge in [-0.15, -0.1) is 10.2 Å². The maximum absolute atomic E-state index is 13.7. The zero-order chi connectivity index (χ0) is 32.0. The molecule has 1 atom stereocenters. The van der Waals surface area contributed by atoms with Gasteiger partial charge in [0.1, 0.15) is 23.9 Å². The Hall–Kier alpha value is -4.93. The molecule has 5 aromatic rings. The Balaban J connectivity index is 1.36. The first-order chi connectivity index (χ1) is 22.5. The summed E-state index contributed by atoms with van der Waals surface area (Å²) in [4.78, 5) is 28.7. The van der Waals surface area contributed by atoms with Crippen molar-refractivity contribution in [2.75, 3.05) is 18.1 Å². The van der Waals surface area contributed by atoms with E-state index in [0.29, 0.717) is 39.3 Å². The number of Topliss-reactive ketones (excluding diaryl/α,β-unsaturated/α-hetero) is 1. The number of carbonyl (C=O) groups is 2. The Kier molecular flexibility index (Phi) is 9.46. The fourth-order valence-corrected chi connectivity index (χ4v) is 7.15. The van der Waals surface area contributed by atoms with Gasteiger partial charge in [0.2, 0.25) is 5.13 Å². The van der Waals surface area contributed by atoms with Crippen LogP contribution in [0.4, 0.5) is 5.13 Å². The quantitative estimate of drug-likeness (QED) is 0.0363. The van der Waals surface area contributed by atoms with Crippen molar-refractivity contribution in [3.63, 3.8) is 0 Å². The van der Waals surface area contributed by atoms with Crippen molar-refractivity contribution in [1.82, 2.24) is 10.2 Å². The second-order valence-corrected chi connectivity index (χ2v) is 12.7. The Bertz CT molecular complexity index is 1930. The lowest BCUT2D eigenvalue weighted by atomic mass is 9.95. The predicted octanol–water partition coefficient (Wildman–Crippen LogP) is 7.96. The average molecular weight is 650 g/mol. The number of benzene rings is 4. The number of aliphatic hydroxyl groups is 1. The molecule has 2 heterocycles. The van der Waals surface area contributed by atoms with Gasteiger partial charge in [0, 0.05) is 11.3 Å². The average Bonchev–Trinajstić information content (AvgIpc) is 3.66. The zero-order valence-corrected chi connectivity index (χ0v) is 26.7. The highest BCUT2D eigenvalue weighted by molar-refractivity contribution is 8.00. The first-order valence-electron chi connectivity index (χ1n) is 14.8. The summed E-state index contributed by atoms with van der Waals surface area (Å²) < 4.78 is 12.1. The van der Waals surface area contributed by atoms with E-state index in [2.05, 4.69) is 41.0 Å². The number of anilines is 1. The maximum atomic E-state index is 13.7. The molecule has 1 N–H and O–H groups in total. The smallest absolute Gasteiger partial charge is 0.301 e. The van der Waals surface area contributed by atoms with Crippen molar-refractivity contribution in [3.8, 4) is 11.5 Å². The third-order valence-electron chi connectivity index (χ3n) is 7.42. The molecule has 0 spiro atoms. The predicted molar refractivity (Wildman–Crippen MR) is 183 cm³/mol. The number of hydrogen-bond acceptors (Lipinski definition) is 9. The summed E-state index contributed by atoms with van der Waals surface area (Å²) >= 11 is 2.73. The number of carbonyl (C=O) groups excluding carboxylic acids is 2. The molecule has 46 heavy (non-hydrogen) atoms. The number of amides is 1. The minimum Gasteiger partial charge on any atom is -0.507 e. The molecule has 1 saturated heterocycles. The van der Waals surface area contributed by atoms with Crippen LogP contribution in [0.15, 0.2) is 114 Å². The van der Waals surface area contributed by atoms with Gasteiger partial charge in [-0.2, -0.15) is 0 Å². The summed E-state index contributed by atoms with van der Waals surface area (Å²) in [5.74, 6) is -0.0759. The number of nitrogens with zero attached hydrogens (tertiary/aromatic N) is 3. The van der Waals surface area contributed by atoms with E-state index in [-0.39, 0.29) is 23.1 Å². The fourth-order valence-electron chi connectivity index (χ4n) is 5.28. The molecule has 0 bridgehead atoms. The minimum absolute atomic E-state index is 0.0479. The summed E-state index contributed by atoms with van der Waals surface area (Å²) in [7, 11) is 0. The molecule has 6 rings (SSSR count). The lowest BCUT2D eigenvalue weighted by Gasteiger charge is -2.23. The Morgan fingerprint density at radius 3 is 2.57 bits per heavy atom. The van der Waals surface area contributed by atoms with E-state index < -0.39 is 17.7 Å². The van der Waals surface area contributed by atoms with Crippen LogP contribution >= 0.6 is 23.1 Å². The lowest BCUT2D eigenvalue weighted by molar-refractivity contribution is -0.132. The van der Waals surface area contributed by atoms with Gasteiger partial charge in [-0.05, 0) is 64.7 Å². The van der Waals surface area contributed by atoms with E-state index in [9.17, 15) is 14.7 Å². The highest BCUT2D eigenvalue weighted by Crippen LogP contribution is 2.45. The van der Waals surface area contributed by atoms with Gasteiger partial charge in [-0.3, -0.25) is 14.5 Å². The summed E-state index contributed by atoms with van der Waals surface area (Å²) in [6.07, 6.45) is 2.49. The Morgan fingerprint density at radius 1 is 0.978 bits per heavy atom. The van der Waals surface area contributed by atoms with Crippen LogP contribution in [-0.2, 0) is 15.3 Å². The second kappa shape index (κ2) is 14.0. The Morgan fingerprint density at radius 2 is 1.76 bits per heavy atom. The number of fused-ring (bicyclic) bond motifs is 1. The highest BCUT2D eigenvalue weighted by Gasteiger charge is 2.48. The molecule has 10 heteroatoms. The van der Waals surface area contributed by atoms with E-state index >= 15 is 0 Å². The van der Waals surface area contributed by atoms with Crippen LogP contribution in [0.3, 0.4) is 0 Å². The molecule has 232 valence electrons. The largest absolute Gasteiger partial charge is 0.507 e. The van der Waals surface area contributed by atoms with E-state index in [4.69, 9.17) is 9.47 Å². The van der Waals surface area contributed by atoms with Crippen LogP contribution in [0.25, 0.3) is 16.5 Å². The zero-order valence-electron chi connectivity index (χ0n) is 25.1. The van der Waals surface area contributed by atoms with Crippen molar-refractivity contribution >= 4 is 56.5 Å². The summed E-state index contributed by atoms with van der Waals surface area (Å²) in [6.45, 7) is 6.56. The number of ether oxygens (including phenoxy) is 2. The van der Waals surface area contributed by atoms with Gasteiger partial charge in [0.25, 0.3) is 5.78 Å². The molecule has 0 aliphatic carbocycles. The van der Waals surface area contributed by atoms with Crippen LogP contribution in [-0.4, -0.2) is 40.2 Å². The number of rotatable bonds is 12. The van der Waals surface area contributed by atoms with E-state index in [1.807, 2.05) is 25.1 Å². The lowest BCUT2D eigenvalue weighted by Crippen LogP contribution is -2.29. The minimum atomic E-state index is -0.966. The molecule has 0 saturated carbocycles. The van der Waals surface area contributed by atoms with Gasteiger partial charge in [-0.1, -0.05) is 97.3 Å². The molecule has 8 nitrogen and oxygen atoms in total. The van der Waals surface area contributed by atoms with Gasteiger partial charge < -0.3 is 14.6 Å². The summed E-state index contributed by atoms with van der Waals surface area (Å²) in [6, 6.07) is 27.3. The van der Waals surface area contributed by atoms with Gasteiger partial charge in [0.15, 0.2) is 4.34 Å². The topological polar surface area (TPSA) is 102 Å². The monoisotopic (exact) mass is 649 g/mol.